The van der Waals surface area contributed by atoms with Gasteiger partial charge in [0.25, 0.3) is 0 Å². The number of nitrogens with one attached hydrogen (secondary N) is 1. The van der Waals surface area contributed by atoms with Gasteiger partial charge in [-0.15, -0.1) is 11.3 Å². The molecule has 0 aliphatic carbocycles. The maximum absolute atomic E-state index is 12.2. The summed E-state index contributed by atoms with van der Waals surface area (Å²) in [5.74, 6) is 0.0354. The first-order valence-corrected chi connectivity index (χ1v) is 9.78. The molecule has 0 aliphatic heterocycles. The molecule has 2 aromatic rings. The van der Waals surface area contributed by atoms with Crippen LogP contribution in [-0.4, -0.2) is 41.0 Å². The van der Waals surface area contributed by atoms with Gasteiger partial charge in [-0.2, -0.15) is 0 Å². The fourth-order valence-corrected chi connectivity index (χ4v) is 3.71. The van der Waals surface area contributed by atoms with Gasteiger partial charge in [-0.25, -0.2) is 4.98 Å². The number of aryl methyl sites for hydroxylation is 1. The number of carbonyl (C=O) groups is 1. The average Bonchev–Trinajstić information content (AvgIpc) is 2.99. The van der Waals surface area contributed by atoms with E-state index < -0.39 is 0 Å². The third-order valence-corrected chi connectivity index (χ3v) is 5.15. The molecule has 0 saturated carbocycles. The molecule has 5 heteroatoms. The third kappa shape index (κ3) is 5.94. The molecule has 0 bridgehead atoms. The predicted octanol–water partition coefficient (Wildman–Crippen LogP) is 3.90. The molecule has 0 fully saturated rings. The molecule has 1 heterocycles. The van der Waals surface area contributed by atoms with Crippen molar-refractivity contribution in [2.24, 2.45) is 0 Å². The van der Waals surface area contributed by atoms with Gasteiger partial charge in [-0.3, -0.25) is 9.69 Å². The van der Waals surface area contributed by atoms with Crippen LogP contribution in [0, 0.1) is 6.92 Å². The van der Waals surface area contributed by atoms with E-state index in [1.807, 2.05) is 5.38 Å². The molecule has 1 aromatic carbocycles. The minimum absolute atomic E-state index is 0.0354. The van der Waals surface area contributed by atoms with Crippen molar-refractivity contribution < 1.29 is 4.79 Å². The highest BCUT2D eigenvalue weighted by Gasteiger charge is 2.14. The number of carbonyl (C=O) groups excluding carboxylic acids is 1. The lowest BCUT2D eigenvalue weighted by Crippen LogP contribution is -2.42. The van der Waals surface area contributed by atoms with Crippen molar-refractivity contribution in [2.75, 3.05) is 13.1 Å². The van der Waals surface area contributed by atoms with Gasteiger partial charge in [0.15, 0.2) is 0 Å². The second kappa shape index (κ2) is 9.11. The number of aromatic nitrogens is 1. The first-order valence-electron chi connectivity index (χ1n) is 8.90. The highest BCUT2D eigenvalue weighted by Crippen LogP contribution is 2.24. The van der Waals surface area contributed by atoms with Crippen LogP contribution < -0.4 is 5.32 Å². The second-order valence-electron chi connectivity index (χ2n) is 6.96. The van der Waals surface area contributed by atoms with E-state index >= 15 is 0 Å². The van der Waals surface area contributed by atoms with E-state index in [1.54, 1.807) is 11.3 Å². The van der Waals surface area contributed by atoms with Crippen molar-refractivity contribution in [1.82, 2.24) is 15.2 Å². The Kier molecular flexibility index (Phi) is 7.14. The van der Waals surface area contributed by atoms with Crippen molar-refractivity contribution >= 4 is 17.2 Å². The minimum atomic E-state index is 0.0354. The second-order valence-corrected chi connectivity index (χ2v) is 7.82. The number of nitrogens with zero attached hydrogens (tertiary/aromatic N) is 2. The lowest BCUT2D eigenvalue weighted by Gasteiger charge is -2.30. The van der Waals surface area contributed by atoms with E-state index in [2.05, 4.69) is 74.1 Å². The van der Waals surface area contributed by atoms with Gasteiger partial charge in [0.05, 0.1) is 12.1 Å². The van der Waals surface area contributed by atoms with Gasteiger partial charge in [-0.1, -0.05) is 29.8 Å². The Labute approximate surface area is 155 Å². The molecule has 136 valence electrons. The summed E-state index contributed by atoms with van der Waals surface area (Å²) in [5, 5.41) is 5.95. The first-order chi connectivity index (χ1) is 11.9. The normalized spacial score (nSPS) is 11.5. The monoisotopic (exact) mass is 359 g/mol. The summed E-state index contributed by atoms with van der Waals surface area (Å²) in [5.41, 5.74) is 3.17. The topological polar surface area (TPSA) is 45.2 Å². The summed E-state index contributed by atoms with van der Waals surface area (Å²) in [7, 11) is 0. The Hall–Kier alpha value is -1.72. The van der Waals surface area contributed by atoms with Gasteiger partial charge in [0.1, 0.15) is 5.01 Å². The SMILES string of the molecule is Cc1ccc(-c2nc(CC(=O)NCCN(C(C)C)C(C)C)cs2)cc1. The van der Waals surface area contributed by atoms with Crippen LogP contribution in [0.2, 0.25) is 0 Å². The van der Waals surface area contributed by atoms with E-state index in [4.69, 9.17) is 0 Å². The summed E-state index contributed by atoms with van der Waals surface area (Å²) in [6.07, 6.45) is 0.339. The molecule has 0 spiro atoms. The van der Waals surface area contributed by atoms with E-state index in [-0.39, 0.29) is 5.91 Å². The standard InChI is InChI=1S/C20H29N3OS/c1-14(2)23(15(3)4)11-10-21-19(24)12-18-13-25-20(22-18)17-8-6-16(5)7-9-17/h6-9,13-15H,10-12H2,1-5H3,(H,21,24). The number of hydrogen-bond donors (Lipinski definition) is 1. The quantitative estimate of drug-likeness (QED) is 0.777. The highest BCUT2D eigenvalue weighted by molar-refractivity contribution is 7.13. The fraction of sp³-hybridized carbons (Fsp3) is 0.500. The van der Waals surface area contributed by atoms with Gasteiger partial charge >= 0.3 is 0 Å². The fourth-order valence-electron chi connectivity index (χ4n) is 2.88. The maximum atomic E-state index is 12.2. The number of thiazole rings is 1. The molecule has 1 aromatic heterocycles. The lowest BCUT2D eigenvalue weighted by atomic mass is 10.2. The predicted molar refractivity (Wildman–Crippen MR) is 106 cm³/mol. The Morgan fingerprint density at radius 1 is 1.16 bits per heavy atom. The Morgan fingerprint density at radius 2 is 1.80 bits per heavy atom. The molecular weight excluding hydrogens is 330 g/mol. The minimum Gasteiger partial charge on any atom is -0.354 e. The van der Waals surface area contributed by atoms with Crippen molar-refractivity contribution in [1.29, 1.82) is 0 Å². The number of rotatable bonds is 8. The molecule has 0 aliphatic rings. The molecule has 1 amide bonds. The van der Waals surface area contributed by atoms with E-state index in [0.717, 1.165) is 22.8 Å². The maximum Gasteiger partial charge on any atom is 0.226 e. The molecule has 1 N–H and O–H groups in total. The summed E-state index contributed by atoms with van der Waals surface area (Å²) < 4.78 is 0. The van der Waals surface area contributed by atoms with Crippen LogP contribution in [0.25, 0.3) is 10.6 Å². The summed E-state index contributed by atoms with van der Waals surface area (Å²) in [4.78, 5) is 19.1. The summed E-state index contributed by atoms with van der Waals surface area (Å²) in [6, 6.07) is 9.27. The molecule has 0 radical (unpaired) electrons. The number of amides is 1. The molecule has 0 atom stereocenters. The summed E-state index contributed by atoms with van der Waals surface area (Å²) >= 11 is 1.59. The molecular formula is C20H29N3OS. The van der Waals surface area contributed by atoms with Gasteiger partial charge in [0.2, 0.25) is 5.91 Å². The Bertz CT molecular complexity index is 669. The first kappa shape index (κ1) is 19.6. The van der Waals surface area contributed by atoms with Crippen LogP contribution >= 0.6 is 11.3 Å². The Balaban J connectivity index is 1.84. The zero-order valence-electron chi connectivity index (χ0n) is 15.9. The third-order valence-electron chi connectivity index (χ3n) is 4.21. The van der Waals surface area contributed by atoms with Crippen LogP contribution in [0.3, 0.4) is 0 Å². The van der Waals surface area contributed by atoms with Crippen molar-refractivity contribution in [3.05, 3.63) is 40.9 Å². The average molecular weight is 360 g/mol. The van der Waals surface area contributed by atoms with Crippen LogP contribution in [0.5, 0.6) is 0 Å². The molecule has 0 unspecified atom stereocenters. The number of benzene rings is 1. The molecule has 4 nitrogen and oxygen atoms in total. The zero-order chi connectivity index (χ0) is 18.4. The molecule has 2 rings (SSSR count). The largest absolute Gasteiger partial charge is 0.354 e. The lowest BCUT2D eigenvalue weighted by molar-refractivity contribution is -0.120. The van der Waals surface area contributed by atoms with Crippen molar-refractivity contribution in [3.63, 3.8) is 0 Å². The van der Waals surface area contributed by atoms with Gasteiger partial charge in [0, 0.05) is 36.1 Å². The van der Waals surface area contributed by atoms with E-state index in [0.29, 0.717) is 25.0 Å². The molecule has 0 saturated heterocycles. The van der Waals surface area contributed by atoms with Crippen molar-refractivity contribution in [3.8, 4) is 10.6 Å². The van der Waals surface area contributed by atoms with E-state index in [1.165, 1.54) is 5.56 Å². The Morgan fingerprint density at radius 3 is 2.40 bits per heavy atom. The van der Waals surface area contributed by atoms with E-state index in [9.17, 15) is 4.79 Å². The van der Waals surface area contributed by atoms with Crippen molar-refractivity contribution in [2.45, 2.75) is 53.1 Å². The van der Waals surface area contributed by atoms with Gasteiger partial charge in [-0.05, 0) is 34.6 Å². The zero-order valence-corrected chi connectivity index (χ0v) is 16.7. The highest BCUT2D eigenvalue weighted by atomic mass is 32.1. The summed E-state index contributed by atoms with van der Waals surface area (Å²) in [6.45, 7) is 12.3. The van der Waals surface area contributed by atoms with Crippen LogP contribution in [-0.2, 0) is 11.2 Å². The van der Waals surface area contributed by atoms with Crippen LogP contribution in [0.4, 0.5) is 0 Å². The van der Waals surface area contributed by atoms with Gasteiger partial charge < -0.3 is 5.32 Å². The van der Waals surface area contributed by atoms with Crippen LogP contribution in [0.1, 0.15) is 39.0 Å². The smallest absolute Gasteiger partial charge is 0.226 e. The molecule has 25 heavy (non-hydrogen) atoms. The number of hydrogen-bond acceptors (Lipinski definition) is 4. The van der Waals surface area contributed by atoms with Crippen LogP contribution in [0.15, 0.2) is 29.6 Å².